The molecule has 0 bridgehead atoms. The Morgan fingerprint density at radius 1 is 1.35 bits per heavy atom. The number of hydrogen-bond donors (Lipinski definition) is 0. The van der Waals surface area contributed by atoms with E-state index in [-0.39, 0.29) is 12.1 Å². The molecule has 1 amide bonds. The zero-order valence-corrected chi connectivity index (χ0v) is 9.92. The molecule has 0 N–H and O–H groups in total. The molecule has 0 aromatic heterocycles. The minimum absolute atomic E-state index is 0.0598. The van der Waals surface area contributed by atoms with Gasteiger partial charge in [0.05, 0.1) is 6.04 Å². The molecule has 0 unspecified atom stereocenters. The van der Waals surface area contributed by atoms with E-state index in [0.29, 0.717) is 18.1 Å². The highest BCUT2D eigenvalue weighted by molar-refractivity contribution is 5.90. The predicted octanol–water partition coefficient (Wildman–Crippen LogP) is 2.48. The average Bonchev–Trinajstić information content (AvgIpc) is 2.71. The Bertz CT molecular complexity index is 425. The fourth-order valence-corrected chi connectivity index (χ4v) is 1.94. The normalized spacial score (nSPS) is 19.6. The molecule has 0 radical (unpaired) electrons. The summed E-state index contributed by atoms with van der Waals surface area (Å²) in [6.45, 7) is 4.53. The molecular weight excluding hydrogens is 218 g/mol. The van der Waals surface area contributed by atoms with Crippen molar-refractivity contribution >= 4 is 18.1 Å². The number of anilines is 1. The van der Waals surface area contributed by atoms with Gasteiger partial charge in [0.2, 0.25) is 0 Å². The Labute approximate surface area is 100 Å². The van der Waals surface area contributed by atoms with E-state index in [1.807, 2.05) is 0 Å². The molecule has 1 atom stereocenters. The van der Waals surface area contributed by atoms with Crippen molar-refractivity contribution in [2.75, 3.05) is 11.5 Å². The number of rotatable bonds is 3. The van der Waals surface area contributed by atoms with Crippen LogP contribution in [0, 0.1) is 5.92 Å². The van der Waals surface area contributed by atoms with Crippen LogP contribution in [0.5, 0.6) is 0 Å². The second-order valence-corrected chi connectivity index (χ2v) is 4.47. The molecular formula is C13H15NO3. The molecule has 1 heterocycles. The van der Waals surface area contributed by atoms with Gasteiger partial charge in [-0.2, -0.15) is 0 Å². The zero-order chi connectivity index (χ0) is 12.4. The van der Waals surface area contributed by atoms with E-state index in [2.05, 4.69) is 13.8 Å². The Morgan fingerprint density at radius 2 is 2.00 bits per heavy atom. The average molecular weight is 233 g/mol. The Balaban J connectivity index is 2.29. The van der Waals surface area contributed by atoms with Crippen LogP contribution >= 0.6 is 0 Å². The van der Waals surface area contributed by atoms with Gasteiger partial charge in [-0.1, -0.05) is 13.8 Å². The summed E-state index contributed by atoms with van der Waals surface area (Å²) >= 11 is 0. The third kappa shape index (κ3) is 2.16. The molecule has 1 aromatic carbocycles. The minimum Gasteiger partial charge on any atom is -0.447 e. The van der Waals surface area contributed by atoms with Crippen molar-refractivity contribution in [2.45, 2.75) is 19.9 Å². The van der Waals surface area contributed by atoms with Crippen molar-refractivity contribution in [1.82, 2.24) is 0 Å². The van der Waals surface area contributed by atoms with E-state index < -0.39 is 0 Å². The first-order valence-electron chi connectivity index (χ1n) is 5.64. The first-order chi connectivity index (χ1) is 8.13. The summed E-state index contributed by atoms with van der Waals surface area (Å²) in [4.78, 5) is 23.9. The maximum absolute atomic E-state index is 11.7. The maximum Gasteiger partial charge on any atom is 0.414 e. The Kier molecular flexibility index (Phi) is 3.13. The molecule has 0 saturated carbocycles. The van der Waals surface area contributed by atoms with Crippen LogP contribution in [0.25, 0.3) is 0 Å². The van der Waals surface area contributed by atoms with Gasteiger partial charge in [-0.25, -0.2) is 4.79 Å². The molecule has 1 aromatic rings. The molecule has 0 spiro atoms. The first-order valence-corrected chi connectivity index (χ1v) is 5.64. The number of cyclic esters (lactones) is 1. The third-order valence-corrected chi connectivity index (χ3v) is 2.98. The summed E-state index contributed by atoms with van der Waals surface area (Å²) in [5.74, 6) is 0.326. The smallest absolute Gasteiger partial charge is 0.414 e. The van der Waals surface area contributed by atoms with Gasteiger partial charge in [0.1, 0.15) is 12.9 Å². The van der Waals surface area contributed by atoms with Crippen molar-refractivity contribution in [3.05, 3.63) is 29.8 Å². The highest BCUT2D eigenvalue weighted by Gasteiger charge is 2.35. The summed E-state index contributed by atoms with van der Waals surface area (Å²) in [6.07, 6.45) is 0.467. The van der Waals surface area contributed by atoms with E-state index in [1.165, 1.54) is 0 Å². The van der Waals surface area contributed by atoms with Gasteiger partial charge in [0.15, 0.2) is 0 Å². The van der Waals surface area contributed by atoms with Crippen molar-refractivity contribution < 1.29 is 14.3 Å². The van der Waals surface area contributed by atoms with Gasteiger partial charge in [0.25, 0.3) is 0 Å². The van der Waals surface area contributed by atoms with E-state index >= 15 is 0 Å². The predicted molar refractivity (Wildman–Crippen MR) is 64.3 cm³/mol. The van der Waals surface area contributed by atoms with Crippen LogP contribution in [-0.2, 0) is 4.74 Å². The molecule has 2 rings (SSSR count). The summed E-state index contributed by atoms with van der Waals surface area (Å²) < 4.78 is 5.07. The van der Waals surface area contributed by atoms with E-state index in [0.717, 1.165) is 12.0 Å². The SMILES string of the molecule is CC(C)[C@@H]1COC(=O)N1c1ccc(C=O)cc1. The van der Waals surface area contributed by atoms with Crippen LogP contribution in [0.3, 0.4) is 0 Å². The largest absolute Gasteiger partial charge is 0.447 e. The van der Waals surface area contributed by atoms with Crippen molar-refractivity contribution in [3.8, 4) is 0 Å². The Morgan fingerprint density at radius 3 is 2.53 bits per heavy atom. The molecule has 1 aliphatic heterocycles. The van der Waals surface area contributed by atoms with E-state index in [1.54, 1.807) is 29.2 Å². The third-order valence-electron chi connectivity index (χ3n) is 2.98. The second-order valence-electron chi connectivity index (χ2n) is 4.47. The molecule has 90 valence electrons. The molecule has 1 fully saturated rings. The quantitative estimate of drug-likeness (QED) is 0.753. The zero-order valence-electron chi connectivity index (χ0n) is 9.92. The van der Waals surface area contributed by atoms with Crippen LogP contribution < -0.4 is 4.90 Å². The summed E-state index contributed by atoms with van der Waals surface area (Å²) in [7, 11) is 0. The highest BCUT2D eigenvalue weighted by atomic mass is 16.6. The lowest BCUT2D eigenvalue weighted by molar-refractivity contribution is 0.112. The Hall–Kier alpha value is -1.84. The van der Waals surface area contributed by atoms with Crippen LogP contribution in [0.4, 0.5) is 10.5 Å². The van der Waals surface area contributed by atoms with Crippen LogP contribution in [0.15, 0.2) is 24.3 Å². The van der Waals surface area contributed by atoms with Gasteiger partial charge in [0, 0.05) is 11.3 Å². The first kappa shape index (κ1) is 11.6. The number of amides is 1. The number of aldehydes is 1. The van der Waals surface area contributed by atoms with Gasteiger partial charge in [-0.05, 0) is 30.2 Å². The van der Waals surface area contributed by atoms with Crippen LogP contribution in [0.1, 0.15) is 24.2 Å². The van der Waals surface area contributed by atoms with Gasteiger partial charge in [-0.3, -0.25) is 9.69 Å². The topological polar surface area (TPSA) is 46.6 Å². The summed E-state index contributed by atoms with van der Waals surface area (Å²) in [5.41, 5.74) is 1.37. The molecule has 4 heteroatoms. The lowest BCUT2D eigenvalue weighted by Crippen LogP contribution is -2.37. The molecule has 1 aliphatic rings. The van der Waals surface area contributed by atoms with Crippen molar-refractivity contribution in [2.24, 2.45) is 5.92 Å². The number of carbonyl (C=O) groups is 2. The lowest BCUT2D eigenvalue weighted by atomic mass is 10.0. The molecule has 17 heavy (non-hydrogen) atoms. The molecule has 1 saturated heterocycles. The van der Waals surface area contributed by atoms with Gasteiger partial charge < -0.3 is 4.74 Å². The van der Waals surface area contributed by atoms with Gasteiger partial charge >= 0.3 is 6.09 Å². The van der Waals surface area contributed by atoms with Gasteiger partial charge in [-0.15, -0.1) is 0 Å². The fourth-order valence-electron chi connectivity index (χ4n) is 1.94. The van der Waals surface area contributed by atoms with E-state index in [4.69, 9.17) is 4.74 Å². The monoisotopic (exact) mass is 233 g/mol. The maximum atomic E-state index is 11.7. The number of benzene rings is 1. The fraction of sp³-hybridized carbons (Fsp3) is 0.385. The summed E-state index contributed by atoms with van der Waals surface area (Å²) in [6, 6.07) is 7.00. The number of ether oxygens (including phenoxy) is 1. The number of carbonyl (C=O) groups excluding carboxylic acids is 2. The standard InChI is InChI=1S/C13H15NO3/c1-9(2)12-8-17-13(16)14(12)11-5-3-10(7-15)4-6-11/h3-7,9,12H,8H2,1-2H3/t12-/m0/s1. The van der Waals surface area contributed by atoms with Crippen molar-refractivity contribution in [1.29, 1.82) is 0 Å². The number of hydrogen-bond acceptors (Lipinski definition) is 3. The second kappa shape index (κ2) is 4.57. The highest BCUT2D eigenvalue weighted by Crippen LogP contribution is 2.26. The number of nitrogens with zero attached hydrogens (tertiary/aromatic N) is 1. The van der Waals surface area contributed by atoms with E-state index in [9.17, 15) is 9.59 Å². The molecule has 0 aliphatic carbocycles. The van der Waals surface area contributed by atoms with Crippen LogP contribution in [0.2, 0.25) is 0 Å². The lowest BCUT2D eigenvalue weighted by Gasteiger charge is -2.24. The van der Waals surface area contributed by atoms with Crippen molar-refractivity contribution in [3.63, 3.8) is 0 Å². The minimum atomic E-state index is -0.317. The van der Waals surface area contributed by atoms with Crippen LogP contribution in [-0.4, -0.2) is 25.0 Å². The molecule has 4 nitrogen and oxygen atoms in total. The summed E-state index contributed by atoms with van der Waals surface area (Å²) in [5, 5.41) is 0.